The van der Waals surface area contributed by atoms with Gasteiger partial charge in [0.2, 0.25) is 0 Å². The fourth-order valence-corrected chi connectivity index (χ4v) is 3.53. The first-order valence-electron chi connectivity index (χ1n) is 11.2. The van der Waals surface area contributed by atoms with Crippen molar-refractivity contribution in [1.82, 2.24) is 5.32 Å². The van der Waals surface area contributed by atoms with Gasteiger partial charge in [-0.1, -0.05) is 68.5 Å². The molecule has 0 aliphatic heterocycles. The number of carbonyl (C=O) groups excluding carboxylic acids is 1. The second kappa shape index (κ2) is 14.1. The van der Waals surface area contributed by atoms with Crippen LogP contribution in [-0.2, 0) is 0 Å². The van der Waals surface area contributed by atoms with Crippen LogP contribution >= 0.6 is 28.1 Å². The third kappa shape index (κ3) is 9.57. The van der Waals surface area contributed by atoms with Crippen molar-refractivity contribution in [1.29, 1.82) is 0 Å². The van der Waals surface area contributed by atoms with Crippen molar-refractivity contribution in [3.05, 3.63) is 52.5 Å². The van der Waals surface area contributed by atoms with Gasteiger partial charge >= 0.3 is 0 Å². The van der Waals surface area contributed by atoms with E-state index in [2.05, 4.69) is 47.3 Å². The van der Waals surface area contributed by atoms with E-state index in [4.69, 9.17) is 21.7 Å². The maximum Gasteiger partial charge on any atom is 0.261 e. The Balaban J connectivity index is 1.91. The van der Waals surface area contributed by atoms with E-state index in [0.29, 0.717) is 30.4 Å². The van der Waals surface area contributed by atoms with Crippen molar-refractivity contribution in [2.75, 3.05) is 18.5 Å². The summed E-state index contributed by atoms with van der Waals surface area (Å²) < 4.78 is 12.4. The summed E-state index contributed by atoms with van der Waals surface area (Å²) in [6.07, 6.45) is 5.98. The second-order valence-corrected chi connectivity index (χ2v) is 9.37. The molecule has 0 aliphatic carbocycles. The lowest BCUT2D eigenvalue weighted by Gasteiger charge is -2.15. The van der Waals surface area contributed by atoms with Gasteiger partial charge in [-0.2, -0.15) is 0 Å². The molecule has 2 rings (SSSR count). The Hall–Kier alpha value is -2.12. The number of unbranched alkanes of at least 4 members (excludes halogenated alkanes) is 4. The smallest absolute Gasteiger partial charge is 0.261 e. The number of halogens is 1. The first-order valence-corrected chi connectivity index (χ1v) is 12.4. The number of hydrogen-bond donors (Lipinski definition) is 2. The molecule has 0 unspecified atom stereocenters. The Morgan fingerprint density at radius 2 is 1.84 bits per heavy atom. The maximum absolute atomic E-state index is 12.8. The number of anilines is 1. The van der Waals surface area contributed by atoms with Crippen LogP contribution in [0.15, 0.2) is 46.9 Å². The number of rotatable bonds is 12. The summed E-state index contributed by atoms with van der Waals surface area (Å²) in [5, 5.41) is 5.99. The molecule has 32 heavy (non-hydrogen) atoms. The van der Waals surface area contributed by atoms with E-state index in [0.717, 1.165) is 22.3 Å². The lowest BCUT2D eigenvalue weighted by molar-refractivity contribution is 0.0973. The third-order valence-electron chi connectivity index (χ3n) is 4.59. The molecule has 0 aliphatic rings. The number of nitrogens with one attached hydrogen (secondary N) is 2. The van der Waals surface area contributed by atoms with Gasteiger partial charge < -0.3 is 14.8 Å². The van der Waals surface area contributed by atoms with Gasteiger partial charge in [0.1, 0.15) is 11.5 Å². The number of carbonyl (C=O) groups is 1. The predicted octanol–water partition coefficient (Wildman–Crippen LogP) is 6.96. The molecule has 7 heteroatoms. The molecule has 2 aromatic rings. The van der Waals surface area contributed by atoms with Crippen molar-refractivity contribution in [3.63, 3.8) is 0 Å². The largest absolute Gasteiger partial charge is 0.494 e. The van der Waals surface area contributed by atoms with Crippen molar-refractivity contribution in [3.8, 4) is 11.5 Å². The summed E-state index contributed by atoms with van der Waals surface area (Å²) >= 11 is 8.76. The minimum absolute atomic E-state index is 0.210. The van der Waals surface area contributed by atoms with Crippen LogP contribution in [0.4, 0.5) is 5.69 Å². The van der Waals surface area contributed by atoms with Gasteiger partial charge in [0, 0.05) is 16.2 Å². The molecule has 2 aromatic carbocycles. The van der Waals surface area contributed by atoms with Crippen molar-refractivity contribution in [2.45, 2.75) is 52.9 Å². The van der Waals surface area contributed by atoms with Crippen LogP contribution in [0.3, 0.4) is 0 Å². The standard InChI is InChI=1S/C25H33BrN2O3S/c1-4-5-6-7-8-14-30-21-11-9-10-20(16-21)27-25(32)28-24(29)22-15-19(26)12-13-23(22)31-17-18(2)3/h9-13,15-16,18H,4-8,14,17H2,1-3H3,(H2,27,28,29,32). The van der Waals surface area contributed by atoms with Gasteiger partial charge in [0.25, 0.3) is 5.91 Å². The van der Waals surface area contributed by atoms with Gasteiger partial charge in [0.05, 0.1) is 18.8 Å². The number of thiocarbonyl (C=S) groups is 1. The van der Waals surface area contributed by atoms with Gasteiger partial charge in [-0.3, -0.25) is 10.1 Å². The highest BCUT2D eigenvalue weighted by atomic mass is 79.9. The first-order chi connectivity index (χ1) is 15.4. The Morgan fingerprint density at radius 3 is 2.59 bits per heavy atom. The summed E-state index contributed by atoms with van der Waals surface area (Å²) in [6, 6.07) is 12.9. The topological polar surface area (TPSA) is 59.6 Å². The fourth-order valence-electron chi connectivity index (χ4n) is 2.95. The van der Waals surface area contributed by atoms with Gasteiger partial charge in [0.15, 0.2) is 5.11 Å². The summed E-state index contributed by atoms with van der Waals surface area (Å²) in [4.78, 5) is 12.8. The molecular weight excluding hydrogens is 488 g/mol. The molecule has 0 fully saturated rings. The minimum Gasteiger partial charge on any atom is -0.494 e. The Bertz CT molecular complexity index is 889. The SMILES string of the molecule is CCCCCCCOc1cccc(NC(=S)NC(=O)c2cc(Br)ccc2OCC(C)C)c1. The second-order valence-electron chi connectivity index (χ2n) is 8.04. The van der Waals surface area contributed by atoms with Gasteiger partial charge in [-0.15, -0.1) is 0 Å². The summed E-state index contributed by atoms with van der Waals surface area (Å²) in [7, 11) is 0. The van der Waals surface area contributed by atoms with E-state index in [1.165, 1.54) is 25.7 Å². The highest BCUT2D eigenvalue weighted by Gasteiger charge is 2.15. The molecule has 0 atom stereocenters. The van der Waals surface area contributed by atoms with Crippen molar-refractivity contribution >= 4 is 44.9 Å². The Kier molecular flexibility index (Phi) is 11.5. The van der Waals surface area contributed by atoms with E-state index in [-0.39, 0.29) is 11.0 Å². The molecule has 0 aromatic heterocycles. The van der Waals surface area contributed by atoms with Crippen molar-refractivity contribution < 1.29 is 14.3 Å². The molecular formula is C25H33BrN2O3S. The molecule has 174 valence electrons. The van der Waals surface area contributed by atoms with Crippen LogP contribution in [0.5, 0.6) is 11.5 Å². The fraction of sp³-hybridized carbons (Fsp3) is 0.440. The van der Waals surface area contributed by atoms with E-state index in [1.54, 1.807) is 12.1 Å². The molecule has 5 nitrogen and oxygen atoms in total. The predicted molar refractivity (Wildman–Crippen MR) is 139 cm³/mol. The van der Waals surface area contributed by atoms with Crippen LogP contribution in [-0.4, -0.2) is 24.2 Å². The Labute approximate surface area is 205 Å². The van der Waals surface area contributed by atoms with E-state index in [9.17, 15) is 4.79 Å². The molecule has 1 amide bonds. The van der Waals surface area contributed by atoms with E-state index in [1.807, 2.05) is 30.3 Å². The van der Waals surface area contributed by atoms with Crippen LogP contribution in [0.25, 0.3) is 0 Å². The zero-order chi connectivity index (χ0) is 23.3. The molecule has 0 saturated heterocycles. The monoisotopic (exact) mass is 520 g/mol. The quantitative estimate of drug-likeness (QED) is 0.234. The lowest BCUT2D eigenvalue weighted by atomic mass is 10.2. The molecule has 0 heterocycles. The van der Waals surface area contributed by atoms with E-state index < -0.39 is 0 Å². The average molecular weight is 522 g/mol. The number of benzene rings is 2. The summed E-state index contributed by atoms with van der Waals surface area (Å²) in [6.45, 7) is 7.54. The molecule has 0 bridgehead atoms. The van der Waals surface area contributed by atoms with Crippen molar-refractivity contribution in [2.24, 2.45) is 5.92 Å². The molecule has 0 spiro atoms. The lowest BCUT2D eigenvalue weighted by Crippen LogP contribution is -2.34. The maximum atomic E-state index is 12.8. The minimum atomic E-state index is -0.331. The highest BCUT2D eigenvalue weighted by molar-refractivity contribution is 9.10. The number of amides is 1. The zero-order valence-electron chi connectivity index (χ0n) is 19.1. The number of ether oxygens (including phenoxy) is 2. The number of hydrogen-bond acceptors (Lipinski definition) is 4. The normalized spacial score (nSPS) is 10.7. The highest BCUT2D eigenvalue weighted by Crippen LogP contribution is 2.24. The van der Waals surface area contributed by atoms with Crippen LogP contribution < -0.4 is 20.1 Å². The zero-order valence-corrected chi connectivity index (χ0v) is 21.5. The third-order valence-corrected chi connectivity index (χ3v) is 5.29. The van der Waals surface area contributed by atoms with Crippen LogP contribution in [0.2, 0.25) is 0 Å². The molecule has 0 radical (unpaired) electrons. The van der Waals surface area contributed by atoms with E-state index >= 15 is 0 Å². The summed E-state index contributed by atoms with van der Waals surface area (Å²) in [5.41, 5.74) is 1.17. The molecule has 0 saturated carbocycles. The average Bonchev–Trinajstić information content (AvgIpc) is 2.75. The van der Waals surface area contributed by atoms with Crippen LogP contribution in [0, 0.1) is 5.92 Å². The first kappa shape index (κ1) is 26.1. The summed E-state index contributed by atoms with van der Waals surface area (Å²) in [5.74, 6) is 1.32. The van der Waals surface area contributed by atoms with Gasteiger partial charge in [-0.25, -0.2) is 0 Å². The Morgan fingerprint density at radius 1 is 1.06 bits per heavy atom. The van der Waals surface area contributed by atoms with Crippen LogP contribution in [0.1, 0.15) is 63.2 Å². The van der Waals surface area contributed by atoms with Gasteiger partial charge in [-0.05, 0) is 54.9 Å². The molecule has 2 N–H and O–H groups in total.